The Morgan fingerprint density at radius 3 is 2.05 bits per heavy atom. The van der Waals surface area contributed by atoms with Gasteiger partial charge in [0.1, 0.15) is 0 Å². The van der Waals surface area contributed by atoms with E-state index in [2.05, 4.69) is 110 Å². The van der Waals surface area contributed by atoms with Crippen molar-refractivity contribution in [2.24, 2.45) is 17.8 Å². The third-order valence-electron chi connectivity index (χ3n) is 12.6. The molecule has 4 atom stereocenters. The van der Waals surface area contributed by atoms with Gasteiger partial charge in [0.25, 0.3) is 8.32 Å². The zero-order chi connectivity index (χ0) is 42.9. The molecule has 8 rings (SSSR count). The lowest BCUT2D eigenvalue weighted by molar-refractivity contribution is -0.122. The minimum absolute atomic E-state index is 0.0956. The van der Waals surface area contributed by atoms with E-state index in [4.69, 9.17) is 13.8 Å². The molecule has 0 radical (unpaired) electrons. The highest BCUT2D eigenvalue weighted by atomic mass is 127. The summed E-state index contributed by atoms with van der Waals surface area (Å²) in [6.07, 6.45) is 3.17. The molecule has 0 spiro atoms. The van der Waals surface area contributed by atoms with Gasteiger partial charge in [0.15, 0.2) is 11.5 Å². The van der Waals surface area contributed by atoms with Crippen LogP contribution >= 0.6 is 22.6 Å². The molecule has 5 aromatic carbocycles. The number of ether oxygens (including phenoxy) is 1. The number of phenolic OH excluding ortho intramolecular Hbond substituents is 1. The summed E-state index contributed by atoms with van der Waals surface area (Å²) in [5, 5.41) is 24.1. The Balaban J connectivity index is 1.23. The minimum Gasteiger partial charge on any atom is -0.504 e. The highest BCUT2D eigenvalue weighted by molar-refractivity contribution is 14.1. The molecule has 2 heterocycles. The van der Waals surface area contributed by atoms with Crippen molar-refractivity contribution < 1.29 is 33.5 Å². The first-order valence-electron chi connectivity index (χ1n) is 21.0. The normalized spacial score (nSPS) is 20.8. The van der Waals surface area contributed by atoms with Crippen LogP contribution in [0.15, 0.2) is 145 Å². The molecule has 2 aliphatic heterocycles. The molecule has 2 N–H and O–H groups in total. The number of nitrogens with zero attached hydrogens (tertiary/aromatic N) is 1. The number of fused-ring (bicyclic) bond motifs is 3. The predicted octanol–water partition coefficient (Wildman–Crippen LogP) is 8.90. The van der Waals surface area contributed by atoms with E-state index < -0.39 is 39.3 Å². The number of para-hydroxylation sites is 1. The fourth-order valence-electron chi connectivity index (χ4n) is 9.96. The second kappa shape index (κ2) is 17.9. The van der Waals surface area contributed by atoms with Crippen molar-refractivity contribution in [3.05, 3.63) is 159 Å². The fraction of sp³-hybridized carbons (Fsp3) is 0.280. The summed E-state index contributed by atoms with van der Waals surface area (Å²) in [7, 11) is -2.61. The van der Waals surface area contributed by atoms with Crippen LogP contribution in [0.3, 0.4) is 0 Å². The summed E-state index contributed by atoms with van der Waals surface area (Å²) in [6, 6.07) is 44.1. The number of methoxy groups -OCH3 is 1. The topological polar surface area (TPSA) is 106 Å². The Morgan fingerprint density at radius 1 is 0.869 bits per heavy atom. The van der Waals surface area contributed by atoms with Crippen molar-refractivity contribution in [1.29, 1.82) is 0 Å². The van der Waals surface area contributed by atoms with Crippen LogP contribution in [0, 0.1) is 21.3 Å². The van der Waals surface area contributed by atoms with E-state index in [1.807, 2.05) is 60.7 Å². The van der Waals surface area contributed by atoms with Crippen LogP contribution in [0.5, 0.6) is 11.5 Å². The number of rotatable bonds is 12. The van der Waals surface area contributed by atoms with Gasteiger partial charge in [0.2, 0.25) is 11.8 Å². The molecule has 3 aliphatic rings. The molecular weight excluding hydrogens is 892 g/mol. The quantitative estimate of drug-likeness (QED) is 0.0424. The number of allylic oxidation sites excluding steroid dienone is 1. The summed E-state index contributed by atoms with van der Waals surface area (Å²) in [5.74, 6) is -1.63. The first kappa shape index (κ1) is 42.9. The zero-order valence-electron chi connectivity index (χ0n) is 35.0. The van der Waals surface area contributed by atoms with Crippen LogP contribution in [0.4, 0.5) is 5.69 Å². The molecule has 11 heteroatoms. The maximum atomic E-state index is 14.6. The van der Waals surface area contributed by atoms with E-state index >= 15 is 0 Å². The number of amides is 2. The Labute approximate surface area is 373 Å². The van der Waals surface area contributed by atoms with E-state index in [0.717, 1.165) is 38.2 Å². The number of aromatic hydroxyl groups is 1. The Morgan fingerprint density at radius 2 is 1.46 bits per heavy atom. The molecule has 0 aromatic heterocycles. The van der Waals surface area contributed by atoms with Crippen molar-refractivity contribution >= 4 is 77.6 Å². The number of halogens is 1. The van der Waals surface area contributed by atoms with Gasteiger partial charge in [-0.15, -0.1) is 0 Å². The molecular formula is C50H51BINO7Si. The Hall–Kier alpha value is -4.79. The number of carbonyl (C=O) groups is 2. The Bertz CT molecular complexity index is 2400. The number of benzene rings is 5. The number of carbonyl (C=O) groups excluding carboxylic acids is 2. The predicted molar refractivity (Wildman–Crippen MR) is 253 cm³/mol. The van der Waals surface area contributed by atoms with E-state index in [-0.39, 0.29) is 35.5 Å². The van der Waals surface area contributed by atoms with Gasteiger partial charge in [-0.3, -0.25) is 14.5 Å². The average molecular weight is 944 g/mol. The van der Waals surface area contributed by atoms with Crippen molar-refractivity contribution in [3.8, 4) is 11.5 Å². The van der Waals surface area contributed by atoms with Crippen molar-refractivity contribution in [3.63, 3.8) is 0 Å². The number of hydrogen-bond acceptors (Lipinski definition) is 7. The second-order valence-electron chi connectivity index (χ2n) is 17.2. The van der Waals surface area contributed by atoms with Crippen LogP contribution in [-0.2, 0) is 18.7 Å². The lowest BCUT2D eigenvalue weighted by atomic mass is 9.58. The maximum Gasteiger partial charge on any atom is 0.455 e. The highest BCUT2D eigenvalue weighted by Gasteiger charge is 2.58. The highest BCUT2D eigenvalue weighted by Crippen LogP contribution is 2.52. The van der Waals surface area contributed by atoms with Gasteiger partial charge in [-0.05, 0) is 122 Å². The Kier molecular flexibility index (Phi) is 12.6. The molecule has 0 saturated carbocycles. The number of phenols is 1. The summed E-state index contributed by atoms with van der Waals surface area (Å²) < 4.78 is 20.3. The molecule has 0 bridgehead atoms. The van der Waals surface area contributed by atoms with Crippen LogP contribution < -0.4 is 20.0 Å². The van der Waals surface area contributed by atoms with Gasteiger partial charge in [0, 0.05) is 0 Å². The van der Waals surface area contributed by atoms with Crippen molar-refractivity contribution in [2.45, 2.75) is 57.5 Å². The van der Waals surface area contributed by atoms with Crippen LogP contribution in [-0.4, -0.2) is 57.2 Å². The monoisotopic (exact) mass is 943 g/mol. The molecule has 8 nitrogen and oxygen atoms in total. The van der Waals surface area contributed by atoms with E-state index in [1.54, 1.807) is 12.1 Å². The molecule has 61 heavy (non-hydrogen) atoms. The number of anilines is 1. The lowest BCUT2D eigenvalue weighted by Gasteiger charge is -2.46. The van der Waals surface area contributed by atoms with E-state index in [0.29, 0.717) is 34.3 Å². The van der Waals surface area contributed by atoms with Gasteiger partial charge >= 0.3 is 7.12 Å². The third kappa shape index (κ3) is 8.30. The van der Waals surface area contributed by atoms with Gasteiger partial charge in [0.05, 0.1) is 40.9 Å². The molecule has 1 aliphatic carbocycles. The molecule has 0 unspecified atom stereocenters. The minimum atomic E-state index is -3.02. The third-order valence-corrected chi connectivity index (χ3v) is 18.4. The van der Waals surface area contributed by atoms with Crippen molar-refractivity contribution in [1.82, 2.24) is 0 Å². The summed E-state index contributed by atoms with van der Waals surface area (Å²) >= 11 is 2.11. The largest absolute Gasteiger partial charge is 0.504 e. The first-order valence-corrected chi connectivity index (χ1v) is 24.0. The first-order chi connectivity index (χ1) is 29.4. The molecule has 2 fully saturated rings. The van der Waals surface area contributed by atoms with Crippen LogP contribution in [0.25, 0.3) is 11.6 Å². The summed E-state index contributed by atoms with van der Waals surface area (Å²) in [6.45, 7) is 6.99. The standard InChI is InChI=1S/C50H51BINO7Si/c1-50(2,3)61(38-21-13-7-14-22-38,39-23-15-8-16-24-39)59-32-36-30-40-46(49(56)53(48(40)55)37-19-11-6-12-20-37)41-31-51(57)60-43(45(36)41)26-25-35(34-17-9-5-10-18-34)27-33-28-42(52)47(54)44(29-33)58-4/h5-24,27-29,40-41,43,46,54,57H,25-26,30-32H2,1-4H3/b35-27-/t40-,41+,43-,46-/m1/s1. The maximum absolute atomic E-state index is 14.6. The zero-order valence-corrected chi connectivity index (χ0v) is 38.1. The van der Waals surface area contributed by atoms with Gasteiger partial charge in [-0.1, -0.05) is 136 Å². The lowest BCUT2D eigenvalue weighted by Crippen LogP contribution is -2.66. The van der Waals surface area contributed by atoms with E-state index in [1.165, 1.54) is 12.0 Å². The molecule has 312 valence electrons. The SMILES string of the molecule is COc1cc(/C=C(/CC[C@H]2OB(O)C[C@H]3C2=C(CO[Si](c2ccccc2)(c2ccccc2)C(C)(C)C)C[C@H]2C(=O)N(c4ccccc4)C(=O)[C@H]23)c2ccccc2)cc(I)c1O. The van der Waals surface area contributed by atoms with Gasteiger partial charge in [-0.25, -0.2) is 0 Å². The summed E-state index contributed by atoms with van der Waals surface area (Å²) in [4.78, 5) is 30.5. The van der Waals surface area contributed by atoms with E-state index in [9.17, 15) is 19.7 Å². The number of hydrogen-bond donors (Lipinski definition) is 2. The average Bonchev–Trinajstić information content (AvgIpc) is 3.52. The van der Waals surface area contributed by atoms with Gasteiger partial charge < -0.3 is 23.9 Å². The number of imide groups is 1. The summed E-state index contributed by atoms with van der Waals surface area (Å²) in [5.41, 5.74) is 5.42. The second-order valence-corrected chi connectivity index (χ2v) is 22.7. The fourth-order valence-corrected chi connectivity index (χ4v) is 15.1. The molecule has 2 amide bonds. The van der Waals surface area contributed by atoms with Crippen LogP contribution in [0.1, 0.15) is 51.2 Å². The van der Waals surface area contributed by atoms with Crippen LogP contribution in [0.2, 0.25) is 11.4 Å². The molecule has 5 aromatic rings. The molecule has 2 saturated heterocycles. The smallest absolute Gasteiger partial charge is 0.455 e. The van der Waals surface area contributed by atoms with Gasteiger partial charge in [-0.2, -0.15) is 0 Å². The van der Waals surface area contributed by atoms with Crippen molar-refractivity contribution in [2.75, 3.05) is 18.6 Å².